The molecule has 1 aliphatic heterocycles. The van der Waals surface area contributed by atoms with E-state index in [0.29, 0.717) is 23.8 Å². The van der Waals surface area contributed by atoms with Crippen LogP contribution in [0, 0.1) is 0 Å². The van der Waals surface area contributed by atoms with Crippen molar-refractivity contribution in [3.63, 3.8) is 0 Å². The molecule has 0 saturated carbocycles. The summed E-state index contributed by atoms with van der Waals surface area (Å²) < 4.78 is 81.4. The third kappa shape index (κ3) is 6.93. The lowest BCUT2D eigenvalue weighted by atomic mass is 10.1. The zero-order valence-corrected chi connectivity index (χ0v) is 19.8. The van der Waals surface area contributed by atoms with E-state index in [2.05, 4.69) is 33.4 Å². The highest BCUT2D eigenvalue weighted by atomic mass is 19.4. The molecule has 200 valence electrons. The molecule has 3 rings (SSSR count). The van der Waals surface area contributed by atoms with E-state index in [0.717, 1.165) is 4.68 Å². The van der Waals surface area contributed by atoms with Crippen molar-refractivity contribution in [2.24, 2.45) is 4.99 Å². The van der Waals surface area contributed by atoms with E-state index in [9.17, 15) is 31.1 Å². The molecule has 15 heteroatoms. The number of allylic oxidation sites excluding steroid dienone is 2. The van der Waals surface area contributed by atoms with E-state index in [1.807, 2.05) is 0 Å². The molecule has 1 fully saturated rings. The van der Waals surface area contributed by atoms with E-state index in [1.54, 1.807) is 23.8 Å². The normalized spacial score (nSPS) is 15.2. The number of rotatable bonds is 9. The van der Waals surface area contributed by atoms with Crippen molar-refractivity contribution in [3.8, 4) is 0 Å². The van der Waals surface area contributed by atoms with Crippen LogP contribution >= 0.6 is 0 Å². The van der Waals surface area contributed by atoms with Crippen LogP contribution in [0.1, 0.15) is 18.3 Å². The summed E-state index contributed by atoms with van der Waals surface area (Å²) in [6.45, 7) is 7.76. The molecule has 1 saturated heterocycles. The van der Waals surface area contributed by atoms with Crippen LogP contribution in [0.3, 0.4) is 0 Å². The highest BCUT2D eigenvalue weighted by Crippen LogP contribution is 2.29. The number of hydrogen-bond donors (Lipinski definition) is 0. The molecule has 0 bridgehead atoms. The first kappa shape index (κ1) is 27.8. The van der Waals surface area contributed by atoms with Crippen LogP contribution < -0.4 is 10.5 Å². The maximum atomic E-state index is 12.9. The van der Waals surface area contributed by atoms with Gasteiger partial charge in [-0.05, 0) is 13.6 Å². The molecule has 1 aliphatic rings. The van der Waals surface area contributed by atoms with E-state index >= 15 is 0 Å². The SMILES string of the molecule is C=N/C(=C(/Cn1ncc(N2CC(OCC(F)(F)F)C2)cc1=O)N(C)C(=C)C)c1ncc(C(F)(F)F)cn1. The van der Waals surface area contributed by atoms with E-state index in [1.165, 1.54) is 12.3 Å². The molecule has 0 spiro atoms. The molecule has 2 aromatic rings. The summed E-state index contributed by atoms with van der Waals surface area (Å²) in [6.07, 6.45) is -7.06. The fraction of sp³-hybridized carbons (Fsp3) is 0.409. The molecule has 0 radical (unpaired) electrons. The third-order valence-electron chi connectivity index (χ3n) is 5.45. The van der Waals surface area contributed by atoms with Gasteiger partial charge in [0.25, 0.3) is 5.56 Å². The summed E-state index contributed by atoms with van der Waals surface area (Å²) in [5, 5.41) is 4.13. The van der Waals surface area contributed by atoms with Gasteiger partial charge in [0.2, 0.25) is 0 Å². The summed E-state index contributed by atoms with van der Waals surface area (Å²) in [5.41, 5.74) is -0.363. The Morgan fingerprint density at radius 2 is 1.81 bits per heavy atom. The molecular formula is C22H23F6N7O2. The Kier molecular flexibility index (Phi) is 8.05. The highest BCUT2D eigenvalue weighted by molar-refractivity contribution is 5.66. The lowest BCUT2D eigenvalue weighted by molar-refractivity contribution is -0.187. The quantitative estimate of drug-likeness (QED) is 0.362. The van der Waals surface area contributed by atoms with Gasteiger partial charge >= 0.3 is 12.4 Å². The number of anilines is 1. The Morgan fingerprint density at radius 1 is 1.19 bits per heavy atom. The molecule has 0 aliphatic carbocycles. The van der Waals surface area contributed by atoms with Crippen LogP contribution in [-0.4, -0.2) is 70.4 Å². The lowest BCUT2D eigenvalue weighted by Crippen LogP contribution is -2.53. The Bertz CT molecular complexity index is 1230. The van der Waals surface area contributed by atoms with Crippen molar-refractivity contribution in [2.45, 2.75) is 31.9 Å². The average molecular weight is 531 g/mol. The van der Waals surface area contributed by atoms with Crippen molar-refractivity contribution in [2.75, 3.05) is 31.6 Å². The minimum absolute atomic E-state index is 0.0180. The van der Waals surface area contributed by atoms with Crippen LogP contribution in [0.5, 0.6) is 0 Å². The van der Waals surface area contributed by atoms with E-state index < -0.39 is 36.2 Å². The summed E-state index contributed by atoms with van der Waals surface area (Å²) in [5.74, 6) is -0.152. The highest BCUT2D eigenvalue weighted by Gasteiger charge is 2.34. The van der Waals surface area contributed by atoms with Gasteiger partial charge in [0.15, 0.2) is 5.82 Å². The van der Waals surface area contributed by atoms with Crippen molar-refractivity contribution in [3.05, 3.63) is 64.4 Å². The molecule has 3 heterocycles. The molecule has 0 amide bonds. The third-order valence-corrected chi connectivity index (χ3v) is 5.45. The molecule has 0 aromatic carbocycles. The molecule has 37 heavy (non-hydrogen) atoms. The molecule has 0 N–H and O–H groups in total. The number of halogens is 6. The standard InChI is InChI=1S/C22H23F6N7O2/c1-13(2)33(4)17(19(29-3)20-30-6-14(7-31-20)22(26,27)28)11-35-18(36)5-15(8-32-35)34-9-16(10-34)37-12-21(23,24)25/h5-8,16H,1,3,9-12H2,2,4H3/b19-17-. The van der Waals surface area contributed by atoms with E-state index in [-0.39, 0.29) is 36.9 Å². The van der Waals surface area contributed by atoms with Gasteiger partial charge in [0.1, 0.15) is 12.3 Å². The smallest absolute Gasteiger partial charge is 0.365 e. The predicted molar refractivity (Wildman–Crippen MR) is 123 cm³/mol. The van der Waals surface area contributed by atoms with Gasteiger partial charge in [-0.15, -0.1) is 0 Å². The van der Waals surface area contributed by atoms with Crippen molar-refractivity contribution in [1.82, 2.24) is 24.6 Å². The Balaban J connectivity index is 1.84. The van der Waals surface area contributed by atoms with Crippen LogP contribution in [0.15, 0.2) is 52.4 Å². The van der Waals surface area contributed by atoms with Crippen LogP contribution in [0.25, 0.3) is 5.70 Å². The van der Waals surface area contributed by atoms with Crippen molar-refractivity contribution in [1.29, 1.82) is 0 Å². The second-order valence-electron chi connectivity index (χ2n) is 8.20. The first-order chi connectivity index (χ1) is 17.2. The van der Waals surface area contributed by atoms with Gasteiger partial charge in [-0.25, -0.2) is 14.6 Å². The topological polar surface area (TPSA) is 88.7 Å². The fourth-order valence-corrected chi connectivity index (χ4v) is 3.28. The van der Waals surface area contributed by atoms with Crippen molar-refractivity contribution >= 4 is 18.1 Å². The van der Waals surface area contributed by atoms with Gasteiger partial charge in [-0.1, -0.05) is 6.58 Å². The van der Waals surface area contributed by atoms with E-state index in [4.69, 9.17) is 4.74 Å². The zero-order chi connectivity index (χ0) is 27.5. The number of alkyl halides is 6. The first-order valence-corrected chi connectivity index (χ1v) is 10.7. The average Bonchev–Trinajstić information content (AvgIpc) is 2.77. The molecular weight excluding hydrogens is 508 g/mol. The monoisotopic (exact) mass is 531 g/mol. The Hall–Kier alpha value is -3.75. The molecule has 0 atom stereocenters. The number of hydrogen-bond acceptors (Lipinski definition) is 8. The van der Waals surface area contributed by atoms with Gasteiger partial charge in [-0.3, -0.25) is 9.79 Å². The zero-order valence-electron chi connectivity index (χ0n) is 19.8. The van der Waals surface area contributed by atoms with Crippen LogP contribution in [0.4, 0.5) is 32.0 Å². The van der Waals surface area contributed by atoms with Crippen molar-refractivity contribution < 1.29 is 31.1 Å². The van der Waals surface area contributed by atoms with Gasteiger partial charge in [0.05, 0.1) is 35.8 Å². The van der Waals surface area contributed by atoms with Crippen LogP contribution in [-0.2, 0) is 17.5 Å². The predicted octanol–water partition coefficient (Wildman–Crippen LogP) is 3.35. The number of aromatic nitrogens is 4. The summed E-state index contributed by atoms with van der Waals surface area (Å²) >= 11 is 0. The summed E-state index contributed by atoms with van der Waals surface area (Å²) in [7, 11) is 1.60. The second-order valence-corrected chi connectivity index (χ2v) is 8.20. The summed E-state index contributed by atoms with van der Waals surface area (Å²) in [6, 6.07) is 1.26. The molecule has 2 aromatic heterocycles. The Morgan fingerprint density at radius 3 is 2.30 bits per heavy atom. The van der Waals surface area contributed by atoms with Gasteiger partial charge in [-0.2, -0.15) is 31.4 Å². The minimum Gasteiger partial charge on any atom is -0.365 e. The first-order valence-electron chi connectivity index (χ1n) is 10.7. The minimum atomic E-state index is -4.62. The van der Waals surface area contributed by atoms with Crippen LogP contribution in [0.2, 0.25) is 0 Å². The number of ether oxygens (including phenoxy) is 1. The van der Waals surface area contributed by atoms with Gasteiger partial charge in [0, 0.05) is 44.3 Å². The second kappa shape index (κ2) is 10.7. The Labute approximate surface area is 207 Å². The maximum Gasteiger partial charge on any atom is 0.419 e. The number of likely N-dealkylation sites (N-methyl/N-ethyl adjacent to an activating group) is 1. The lowest BCUT2D eigenvalue weighted by Gasteiger charge is -2.40. The molecule has 0 unspecified atom stereocenters. The largest absolute Gasteiger partial charge is 0.419 e. The van der Waals surface area contributed by atoms with Gasteiger partial charge < -0.3 is 14.5 Å². The summed E-state index contributed by atoms with van der Waals surface area (Å²) in [4.78, 5) is 27.4. The fourth-order valence-electron chi connectivity index (χ4n) is 3.28. The molecule has 9 nitrogen and oxygen atoms in total. The number of aliphatic imine (C=N–C) groups is 1. The maximum absolute atomic E-state index is 12.9. The number of nitrogens with zero attached hydrogens (tertiary/aromatic N) is 7.